The number of nitriles is 1. The van der Waals surface area contributed by atoms with Gasteiger partial charge >= 0.3 is 0 Å². The summed E-state index contributed by atoms with van der Waals surface area (Å²) in [6, 6.07) is 12.3. The number of anilines is 1. The summed E-state index contributed by atoms with van der Waals surface area (Å²) in [5.41, 5.74) is 1.63. The number of nitrogens with one attached hydrogen (secondary N) is 1. The first kappa shape index (κ1) is 20.8. The third-order valence-electron chi connectivity index (χ3n) is 5.67. The van der Waals surface area contributed by atoms with Crippen molar-refractivity contribution in [3.05, 3.63) is 59.3 Å². The molecule has 31 heavy (non-hydrogen) atoms. The molecule has 1 atom stereocenters. The molecule has 8 heteroatoms. The maximum Gasteiger partial charge on any atom is 0.255 e. The number of pyridine rings is 1. The average molecular weight is 419 g/mol. The SMILES string of the molecule is N#Cc1ccc(C(=O)N2CCN(c3ncccc3C(=O)NC[C@@H]3CCCO3)CC2)cc1. The lowest BCUT2D eigenvalue weighted by molar-refractivity contribution is 0.0745. The molecule has 160 valence electrons. The molecule has 0 bridgehead atoms. The van der Waals surface area contributed by atoms with Gasteiger partial charge in [-0.05, 0) is 49.2 Å². The smallest absolute Gasteiger partial charge is 0.255 e. The van der Waals surface area contributed by atoms with Crippen LogP contribution in [-0.2, 0) is 4.74 Å². The Morgan fingerprint density at radius 2 is 1.94 bits per heavy atom. The van der Waals surface area contributed by atoms with Gasteiger partial charge < -0.3 is 19.9 Å². The molecule has 0 aliphatic carbocycles. The maximum absolute atomic E-state index is 12.8. The van der Waals surface area contributed by atoms with Crippen molar-refractivity contribution in [3.8, 4) is 6.07 Å². The van der Waals surface area contributed by atoms with E-state index in [9.17, 15) is 9.59 Å². The third kappa shape index (κ3) is 4.84. The Labute approximate surface area is 181 Å². The molecule has 8 nitrogen and oxygen atoms in total. The second kappa shape index (κ2) is 9.58. The highest BCUT2D eigenvalue weighted by Gasteiger charge is 2.26. The largest absolute Gasteiger partial charge is 0.376 e. The summed E-state index contributed by atoms with van der Waals surface area (Å²) in [7, 11) is 0. The summed E-state index contributed by atoms with van der Waals surface area (Å²) in [5.74, 6) is 0.423. The number of ether oxygens (including phenoxy) is 1. The molecule has 1 aromatic heterocycles. The maximum atomic E-state index is 12.8. The standard InChI is InChI=1S/C23H25N5O3/c24-15-17-5-7-18(8-6-17)23(30)28-12-10-27(11-13-28)21-20(4-1-9-25-21)22(29)26-16-19-3-2-14-31-19/h1,4-9,19H,2-3,10-14,16H2,(H,26,29)/t19-/m0/s1. The molecule has 0 saturated carbocycles. The van der Waals surface area contributed by atoms with E-state index in [1.165, 1.54) is 0 Å². The molecule has 2 aromatic rings. The first-order valence-corrected chi connectivity index (χ1v) is 10.5. The lowest BCUT2D eigenvalue weighted by Crippen LogP contribution is -2.49. The van der Waals surface area contributed by atoms with Gasteiger partial charge in [0.2, 0.25) is 0 Å². The normalized spacial score (nSPS) is 18.5. The van der Waals surface area contributed by atoms with Gasteiger partial charge in [-0.25, -0.2) is 4.98 Å². The van der Waals surface area contributed by atoms with Crippen LogP contribution in [0.3, 0.4) is 0 Å². The molecule has 0 spiro atoms. The zero-order chi connectivity index (χ0) is 21.6. The minimum absolute atomic E-state index is 0.0558. The lowest BCUT2D eigenvalue weighted by Gasteiger charge is -2.36. The summed E-state index contributed by atoms with van der Waals surface area (Å²) in [4.78, 5) is 33.8. The third-order valence-corrected chi connectivity index (χ3v) is 5.67. The van der Waals surface area contributed by atoms with Crippen LogP contribution >= 0.6 is 0 Å². The van der Waals surface area contributed by atoms with Crippen molar-refractivity contribution in [2.24, 2.45) is 0 Å². The van der Waals surface area contributed by atoms with Gasteiger partial charge in [0, 0.05) is 51.1 Å². The lowest BCUT2D eigenvalue weighted by atomic mass is 10.1. The highest BCUT2D eigenvalue weighted by molar-refractivity contribution is 5.99. The van der Waals surface area contributed by atoms with E-state index in [0.29, 0.717) is 55.2 Å². The molecule has 2 saturated heterocycles. The molecule has 1 aromatic carbocycles. The Bertz CT molecular complexity index is 971. The van der Waals surface area contributed by atoms with Crippen LogP contribution in [-0.4, -0.2) is 67.1 Å². The zero-order valence-corrected chi connectivity index (χ0v) is 17.3. The number of aromatic nitrogens is 1. The predicted molar refractivity (Wildman–Crippen MR) is 115 cm³/mol. The quantitative estimate of drug-likeness (QED) is 0.794. The predicted octanol–water partition coefficient (Wildman–Crippen LogP) is 1.82. The van der Waals surface area contributed by atoms with E-state index in [1.807, 2.05) is 4.90 Å². The van der Waals surface area contributed by atoms with Crippen LogP contribution in [0.25, 0.3) is 0 Å². The van der Waals surface area contributed by atoms with E-state index in [0.717, 1.165) is 19.4 Å². The van der Waals surface area contributed by atoms with Crippen LogP contribution in [0.1, 0.15) is 39.1 Å². The number of amides is 2. The van der Waals surface area contributed by atoms with Crippen molar-refractivity contribution in [3.63, 3.8) is 0 Å². The fourth-order valence-corrected chi connectivity index (χ4v) is 3.92. The Morgan fingerprint density at radius 1 is 1.16 bits per heavy atom. The van der Waals surface area contributed by atoms with Crippen molar-refractivity contribution >= 4 is 17.6 Å². The second-order valence-electron chi connectivity index (χ2n) is 7.69. The first-order valence-electron chi connectivity index (χ1n) is 10.5. The summed E-state index contributed by atoms with van der Waals surface area (Å²) >= 11 is 0. The Balaban J connectivity index is 1.37. The number of carbonyl (C=O) groups is 2. The van der Waals surface area contributed by atoms with E-state index in [-0.39, 0.29) is 17.9 Å². The highest BCUT2D eigenvalue weighted by atomic mass is 16.5. The number of carbonyl (C=O) groups excluding carboxylic acids is 2. The van der Waals surface area contributed by atoms with Gasteiger partial charge in [-0.15, -0.1) is 0 Å². The molecule has 4 rings (SSSR count). The number of benzene rings is 1. The molecule has 1 N–H and O–H groups in total. The van der Waals surface area contributed by atoms with Crippen molar-refractivity contribution in [1.82, 2.24) is 15.2 Å². The van der Waals surface area contributed by atoms with Gasteiger partial charge in [-0.3, -0.25) is 9.59 Å². The van der Waals surface area contributed by atoms with Gasteiger partial charge in [0.1, 0.15) is 5.82 Å². The average Bonchev–Trinajstić information content (AvgIpc) is 3.36. The Hall–Kier alpha value is -3.44. The number of hydrogen-bond acceptors (Lipinski definition) is 6. The van der Waals surface area contributed by atoms with Crippen LogP contribution in [0.4, 0.5) is 5.82 Å². The van der Waals surface area contributed by atoms with E-state index < -0.39 is 0 Å². The van der Waals surface area contributed by atoms with Crippen molar-refractivity contribution < 1.29 is 14.3 Å². The Morgan fingerprint density at radius 3 is 2.61 bits per heavy atom. The van der Waals surface area contributed by atoms with Gasteiger partial charge in [-0.1, -0.05) is 0 Å². The molecular weight excluding hydrogens is 394 g/mol. The van der Waals surface area contributed by atoms with Crippen molar-refractivity contribution in [2.45, 2.75) is 18.9 Å². The number of hydrogen-bond donors (Lipinski definition) is 1. The van der Waals surface area contributed by atoms with Gasteiger partial charge in [0.25, 0.3) is 11.8 Å². The topological polar surface area (TPSA) is 98.6 Å². The second-order valence-corrected chi connectivity index (χ2v) is 7.69. The van der Waals surface area contributed by atoms with Gasteiger partial charge in [-0.2, -0.15) is 5.26 Å². The van der Waals surface area contributed by atoms with E-state index in [2.05, 4.69) is 16.4 Å². The van der Waals surface area contributed by atoms with Crippen LogP contribution in [0.15, 0.2) is 42.6 Å². The summed E-state index contributed by atoms with van der Waals surface area (Å²) < 4.78 is 5.58. The van der Waals surface area contributed by atoms with Crippen LogP contribution < -0.4 is 10.2 Å². The van der Waals surface area contributed by atoms with Crippen molar-refractivity contribution in [2.75, 3.05) is 44.2 Å². The number of piperazine rings is 1. The molecule has 0 radical (unpaired) electrons. The van der Waals surface area contributed by atoms with Gasteiger partial charge in [0.15, 0.2) is 0 Å². The van der Waals surface area contributed by atoms with Gasteiger partial charge in [0.05, 0.1) is 23.3 Å². The highest BCUT2D eigenvalue weighted by Crippen LogP contribution is 2.20. The monoisotopic (exact) mass is 419 g/mol. The van der Waals surface area contributed by atoms with Crippen molar-refractivity contribution in [1.29, 1.82) is 5.26 Å². The number of nitrogens with zero attached hydrogens (tertiary/aromatic N) is 4. The fourth-order valence-electron chi connectivity index (χ4n) is 3.92. The minimum atomic E-state index is -0.158. The summed E-state index contributed by atoms with van der Waals surface area (Å²) in [5, 5.41) is 11.9. The van der Waals surface area contributed by atoms with E-state index in [4.69, 9.17) is 10.00 Å². The minimum Gasteiger partial charge on any atom is -0.376 e. The molecular formula is C23H25N5O3. The fraction of sp³-hybridized carbons (Fsp3) is 0.391. The van der Waals surface area contributed by atoms with Crippen LogP contribution in [0, 0.1) is 11.3 Å². The number of rotatable bonds is 5. The van der Waals surface area contributed by atoms with E-state index >= 15 is 0 Å². The summed E-state index contributed by atoms with van der Waals surface area (Å²) in [6.45, 7) is 3.50. The molecule has 2 aliphatic heterocycles. The molecule has 0 unspecified atom stereocenters. The van der Waals surface area contributed by atoms with Crippen LogP contribution in [0.2, 0.25) is 0 Å². The van der Waals surface area contributed by atoms with E-state index in [1.54, 1.807) is 47.5 Å². The molecule has 2 aliphatic rings. The Kier molecular flexibility index (Phi) is 6.43. The molecule has 2 fully saturated rings. The summed E-state index contributed by atoms with van der Waals surface area (Å²) in [6.07, 6.45) is 3.76. The zero-order valence-electron chi connectivity index (χ0n) is 17.3. The van der Waals surface area contributed by atoms with Crippen LogP contribution in [0.5, 0.6) is 0 Å². The first-order chi connectivity index (χ1) is 15.2. The molecule has 3 heterocycles. The molecule has 2 amide bonds.